The minimum Gasteiger partial charge on any atom is -0.315 e. The van der Waals surface area contributed by atoms with Gasteiger partial charge in [-0.2, -0.15) is 5.10 Å². The number of benzene rings is 1. The number of rotatable bonds is 5. The Kier molecular flexibility index (Phi) is 5.08. The van der Waals surface area contributed by atoms with Crippen LogP contribution < -0.4 is 16.7 Å². The van der Waals surface area contributed by atoms with Gasteiger partial charge in [-0.3, -0.25) is 28.8 Å². The second-order valence-electron chi connectivity index (χ2n) is 6.29. The molecule has 0 bridgehead atoms. The number of amides is 1. The number of carbonyl (C=O) groups is 1. The van der Waals surface area contributed by atoms with Crippen LogP contribution in [0.25, 0.3) is 11.2 Å². The predicted octanol–water partition coefficient (Wildman–Crippen LogP) is -0.118. The average Bonchev–Trinajstić information content (AvgIpc) is 3.12. The number of imidazole rings is 1. The molecule has 29 heavy (non-hydrogen) atoms. The summed E-state index contributed by atoms with van der Waals surface area (Å²) in [5.74, 6) is -0.513. The Morgan fingerprint density at radius 2 is 1.86 bits per heavy atom. The minimum absolute atomic E-state index is 0.0476. The molecule has 2 aromatic heterocycles. The Morgan fingerprint density at radius 1 is 1.21 bits per heavy atom. The molecule has 0 saturated carbocycles. The van der Waals surface area contributed by atoms with Gasteiger partial charge in [-0.1, -0.05) is 0 Å². The lowest BCUT2D eigenvalue weighted by molar-refractivity contribution is -0.384. The summed E-state index contributed by atoms with van der Waals surface area (Å²) in [6, 6.07) is 5.73. The van der Waals surface area contributed by atoms with E-state index in [1.165, 1.54) is 53.8 Å². The van der Waals surface area contributed by atoms with Crippen molar-refractivity contribution < 1.29 is 9.72 Å². The first-order valence-corrected chi connectivity index (χ1v) is 8.39. The van der Waals surface area contributed by atoms with Gasteiger partial charge in [0.25, 0.3) is 17.2 Å². The molecule has 1 N–H and O–H groups in total. The predicted molar refractivity (Wildman–Crippen MR) is 104 cm³/mol. The van der Waals surface area contributed by atoms with Crippen LogP contribution in [0.2, 0.25) is 0 Å². The Labute approximate surface area is 162 Å². The molecule has 0 unspecified atom stereocenters. The van der Waals surface area contributed by atoms with E-state index in [1.54, 1.807) is 6.92 Å². The normalized spacial score (nSPS) is 11.6. The molecule has 1 aromatic carbocycles. The number of nitro groups is 1. The number of aryl methyl sites for hydroxylation is 1. The molecule has 0 saturated heterocycles. The highest BCUT2D eigenvalue weighted by atomic mass is 16.6. The lowest BCUT2D eigenvalue weighted by Crippen LogP contribution is -2.38. The zero-order valence-electron chi connectivity index (χ0n) is 15.8. The number of aromatic nitrogens is 4. The highest BCUT2D eigenvalue weighted by Crippen LogP contribution is 2.12. The van der Waals surface area contributed by atoms with Crippen LogP contribution in [0, 0.1) is 10.1 Å². The van der Waals surface area contributed by atoms with Gasteiger partial charge >= 0.3 is 5.69 Å². The van der Waals surface area contributed by atoms with E-state index in [2.05, 4.69) is 15.5 Å². The van der Waals surface area contributed by atoms with E-state index in [1.807, 2.05) is 0 Å². The molecular weight excluding hydrogens is 382 g/mol. The van der Waals surface area contributed by atoms with Gasteiger partial charge in [0.15, 0.2) is 11.2 Å². The monoisotopic (exact) mass is 399 g/mol. The van der Waals surface area contributed by atoms with Crippen molar-refractivity contribution >= 4 is 28.5 Å². The van der Waals surface area contributed by atoms with Gasteiger partial charge in [0.05, 0.1) is 17.0 Å². The maximum atomic E-state index is 12.4. The first-order chi connectivity index (χ1) is 13.7. The third-order valence-corrected chi connectivity index (χ3v) is 4.38. The highest BCUT2D eigenvalue weighted by molar-refractivity contribution is 5.99. The summed E-state index contributed by atoms with van der Waals surface area (Å²) in [6.07, 6.45) is 1.30. The Hall–Kier alpha value is -4.09. The van der Waals surface area contributed by atoms with Gasteiger partial charge < -0.3 is 4.57 Å². The Bertz CT molecular complexity index is 1260. The number of nitrogens with one attached hydrogen (secondary N) is 1. The standard InChI is InChI=1S/C17H17N7O5/c1-10(11-4-6-12(7-5-11)24(28)29)19-20-13(25)8-23-9-18-15-14(23)16(26)22(3)17(27)21(15)2/h4-7,9H,8H2,1-3H3,(H,20,25). The maximum absolute atomic E-state index is 12.4. The Balaban J connectivity index is 1.79. The summed E-state index contributed by atoms with van der Waals surface area (Å²) >= 11 is 0. The third-order valence-electron chi connectivity index (χ3n) is 4.38. The van der Waals surface area contributed by atoms with Crippen molar-refractivity contribution in [1.29, 1.82) is 0 Å². The zero-order valence-corrected chi connectivity index (χ0v) is 15.8. The average molecular weight is 399 g/mol. The highest BCUT2D eigenvalue weighted by Gasteiger charge is 2.16. The van der Waals surface area contributed by atoms with Crippen LogP contribution in [0.15, 0.2) is 45.3 Å². The van der Waals surface area contributed by atoms with Crippen molar-refractivity contribution in [2.75, 3.05) is 0 Å². The lowest BCUT2D eigenvalue weighted by Gasteiger charge is -2.06. The zero-order chi connectivity index (χ0) is 21.3. The molecular formula is C17H17N7O5. The lowest BCUT2D eigenvalue weighted by atomic mass is 10.1. The number of hydrogen-bond donors (Lipinski definition) is 1. The molecule has 0 atom stereocenters. The molecule has 3 rings (SSSR count). The number of hydrazone groups is 1. The smallest absolute Gasteiger partial charge is 0.315 e. The summed E-state index contributed by atoms with van der Waals surface area (Å²) in [5, 5.41) is 14.7. The summed E-state index contributed by atoms with van der Waals surface area (Å²) in [5.41, 5.74) is 2.61. The number of hydrogen-bond acceptors (Lipinski definition) is 7. The van der Waals surface area contributed by atoms with Gasteiger partial charge in [-0.25, -0.2) is 15.2 Å². The van der Waals surface area contributed by atoms with E-state index >= 15 is 0 Å². The number of non-ortho nitro benzene ring substituents is 1. The molecule has 0 aliphatic rings. The Morgan fingerprint density at radius 3 is 2.48 bits per heavy atom. The van der Waals surface area contributed by atoms with Crippen LogP contribution in [0.1, 0.15) is 12.5 Å². The molecule has 0 radical (unpaired) electrons. The number of nitro benzene ring substituents is 1. The second-order valence-corrected chi connectivity index (χ2v) is 6.29. The first-order valence-electron chi connectivity index (χ1n) is 8.39. The van der Waals surface area contributed by atoms with Gasteiger partial charge in [-0.05, 0) is 24.6 Å². The van der Waals surface area contributed by atoms with Crippen molar-refractivity contribution in [3.05, 3.63) is 67.1 Å². The van der Waals surface area contributed by atoms with E-state index in [0.29, 0.717) is 11.3 Å². The number of carbonyl (C=O) groups excluding carboxylic acids is 1. The first kappa shape index (κ1) is 19.7. The largest absolute Gasteiger partial charge is 0.332 e. The van der Waals surface area contributed by atoms with Crippen LogP contribution in [0.3, 0.4) is 0 Å². The van der Waals surface area contributed by atoms with Crippen molar-refractivity contribution in [1.82, 2.24) is 24.1 Å². The molecule has 12 nitrogen and oxygen atoms in total. The number of fused-ring (bicyclic) bond motifs is 1. The van der Waals surface area contributed by atoms with E-state index in [-0.39, 0.29) is 23.4 Å². The molecule has 0 aliphatic heterocycles. The fraction of sp³-hybridized carbons (Fsp3) is 0.235. The van der Waals surface area contributed by atoms with Crippen molar-refractivity contribution in [2.24, 2.45) is 19.2 Å². The molecule has 150 valence electrons. The topological polar surface area (TPSA) is 146 Å². The quantitative estimate of drug-likeness (QED) is 0.359. The summed E-state index contributed by atoms with van der Waals surface area (Å²) in [7, 11) is 2.83. The van der Waals surface area contributed by atoms with Crippen LogP contribution in [0.4, 0.5) is 5.69 Å². The van der Waals surface area contributed by atoms with E-state index in [0.717, 1.165) is 4.57 Å². The fourth-order valence-electron chi connectivity index (χ4n) is 2.74. The molecule has 3 aromatic rings. The van der Waals surface area contributed by atoms with Gasteiger partial charge in [0, 0.05) is 26.2 Å². The van der Waals surface area contributed by atoms with Crippen LogP contribution in [0.5, 0.6) is 0 Å². The SMILES string of the molecule is CC(=NNC(=O)Cn1cnc2c1c(=O)n(C)c(=O)n2C)c1ccc([N+](=O)[O-])cc1. The summed E-state index contributed by atoms with van der Waals surface area (Å²) in [4.78, 5) is 50.8. The fourth-order valence-corrected chi connectivity index (χ4v) is 2.74. The number of nitrogens with zero attached hydrogens (tertiary/aromatic N) is 6. The molecule has 0 spiro atoms. The third kappa shape index (κ3) is 3.67. The molecule has 0 aliphatic carbocycles. The molecule has 2 heterocycles. The summed E-state index contributed by atoms with van der Waals surface area (Å²) < 4.78 is 3.50. The van der Waals surface area contributed by atoms with Gasteiger partial charge in [-0.15, -0.1) is 0 Å². The maximum Gasteiger partial charge on any atom is 0.332 e. The molecule has 12 heteroatoms. The van der Waals surface area contributed by atoms with Crippen molar-refractivity contribution in [2.45, 2.75) is 13.5 Å². The van der Waals surface area contributed by atoms with E-state index in [4.69, 9.17) is 0 Å². The van der Waals surface area contributed by atoms with Crippen LogP contribution in [-0.2, 0) is 25.4 Å². The summed E-state index contributed by atoms with van der Waals surface area (Å²) in [6.45, 7) is 1.40. The van der Waals surface area contributed by atoms with Crippen LogP contribution >= 0.6 is 0 Å². The molecule has 1 amide bonds. The van der Waals surface area contributed by atoms with E-state index in [9.17, 15) is 24.5 Å². The van der Waals surface area contributed by atoms with Crippen molar-refractivity contribution in [3.8, 4) is 0 Å². The minimum atomic E-state index is -0.557. The van der Waals surface area contributed by atoms with Gasteiger partial charge in [0.1, 0.15) is 6.54 Å². The van der Waals surface area contributed by atoms with Gasteiger partial charge in [0.2, 0.25) is 0 Å². The molecule has 0 fully saturated rings. The van der Waals surface area contributed by atoms with Crippen LogP contribution in [-0.4, -0.2) is 35.2 Å². The van der Waals surface area contributed by atoms with Crippen molar-refractivity contribution in [3.63, 3.8) is 0 Å². The van der Waals surface area contributed by atoms with E-state index < -0.39 is 22.1 Å². The second kappa shape index (κ2) is 7.50.